The second-order valence-electron chi connectivity index (χ2n) is 9.41. The Kier molecular flexibility index (Phi) is 6.99. The molecule has 0 aromatic carbocycles. The van der Waals surface area contributed by atoms with E-state index in [4.69, 9.17) is 4.74 Å². The van der Waals surface area contributed by atoms with Crippen LogP contribution in [0.4, 0.5) is 4.79 Å². The predicted molar refractivity (Wildman–Crippen MR) is 116 cm³/mol. The summed E-state index contributed by atoms with van der Waals surface area (Å²) in [6.07, 6.45) is 4.21. The van der Waals surface area contributed by atoms with E-state index in [0.29, 0.717) is 64.7 Å². The first-order chi connectivity index (χ1) is 15.4. The van der Waals surface area contributed by atoms with Crippen LogP contribution < -0.4 is 5.32 Å². The molecule has 4 fully saturated rings. The molecular formula is C22H35N5O5. The normalized spacial score (nSPS) is 29.5. The van der Waals surface area contributed by atoms with E-state index in [1.807, 2.05) is 0 Å². The maximum absolute atomic E-state index is 13.0. The van der Waals surface area contributed by atoms with E-state index < -0.39 is 11.6 Å². The molecule has 10 heteroatoms. The van der Waals surface area contributed by atoms with Gasteiger partial charge < -0.3 is 19.9 Å². The van der Waals surface area contributed by atoms with Crippen LogP contribution in [0.15, 0.2) is 0 Å². The molecule has 0 atom stereocenters. The van der Waals surface area contributed by atoms with Gasteiger partial charge in [-0.2, -0.15) is 0 Å². The number of morpholine rings is 1. The van der Waals surface area contributed by atoms with Crippen LogP contribution in [0.1, 0.15) is 39.0 Å². The van der Waals surface area contributed by atoms with Gasteiger partial charge in [0.05, 0.1) is 19.8 Å². The van der Waals surface area contributed by atoms with E-state index in [1.54, 1.807) is 9.80 Å². The highest BCUT2D eigenvalue weighted by atomic mass is 16.5. The Morgan fingerprint density at radius 3 is 2.06 bits per heavy atom. The lowest BCUT2D eigenvalue weighted by atomic mass is 9.75. The molecule has 4 rings (SSSR count). The number of nitrogens with zero attached hydrogens (tertiary/aromatic N) is 4. The molecule has 178 valence electrons. The minimum atomic E-state index is -0.826. The zero-order chi connectivity index (χ0) is 22.7. The number of hydrogen-bond donors (Lipinski definition) is 1. The summed E-state index contributed by atoms with van der Waals surface area (Å²) in [5, 5.41) is 2.88. The van der Waals surface area contributed by atoms with Gasteiger partial charge in [0.1, 0.15) is 12.1 Å². The van der Waals surface area contributed by atoms with Gasteiger partial charge in [0.15, 0.2) is 0 Å². The summed E-state index contributed by atoms with van der Waals surface area (Å²) >= 11 is 0. The number of amides is 5. The summed E-state index contributed by atoms with van der Waals surface area (Å²) in [4.78, 5) is 57.6. The first-order valence-electron chi connectivity index (χ1n) is 11.9. The van der Waals surface area contributed by atoms with Crippen molar-refractivity contribution in [3.05, 3.63) is 0 Å². The molecule has 10 nitrogen and oxygen atoms in total. The molecule has 0 aromatic heterocycles. The lowest BCUT2D eigenvalue weighted by Gasteiger charge is -2.37. The van der Waals surface area contributed by atoms with Gasteiger partial charge in [-0.3, -0.25) is 24.2 Å². The number of imide groups is 1. The molecule has 1 spiro atoms. The minimum absolute atomic E-state index is 0.0673. The van der Waals surface area contributed by atoms with Crippen LogP contribution in [-0.4, -0.2) is 114 Å². The highest BCUT2D eigenvalue weighted by Gasteiger charge is 2.52. The van der Waals surface area contributed by atoms with Crippen molar-refractivity contribution in [2.24, 2.45) is 5.92 Å². The van der Waals surface area contributed by atoms with Crippen LogP contribution in [0.5, 0.6) is 0 Å². The smallest absolute Gasteiger partial charge is 0.325 e. The Morgan fingerprint density at radius 2 is 1.50 bits per heavy atom. The molecule has 5 amide bonds. The molecule has 0 unspecified atom stereocenters. The lowest BCUT2D eigenvalue weighted by Crippen LogP contribution is -2.55. The Labute approximate surface area is 189 Å². The third-order valence-corrected chi connectivity index (χ3v) is 7.52. The van der Waals surface area contributed by atoms with Gasteiger partial charge in [0.25, 0.3) is 5.91 Å². The van der Waals surface area contributed by atoms with Gasteiger partial charge in [-0.1, -0.05) is 13.3 Å². The second-order valence-corrected chi connectivity index (χ2v) is 9.41. The van der Waals surface area contributed by atoms with E-state index in [2.05, 4.69) is 17.1 Å². The Bertz CT molecular complexity index is 737. The number of carbonyl (C=O) groups is 4. The number of urea groups is 1. The number of hydrogen-bond acceptors (Lipinski definition) is 6. The number of carbonyl (C=O) groups excluding carboxylic acids is 4. The third kappa shape index (κ3) is 4.76. The first-order valence-corrected chi connectivity index (χ1v) is 11.9. The molecule has 0 aromatic rings. The fourth-order valence-electron chi connectivity index (χ4n) is 5.23. The molecule has 3 saturated heterocycles. The minimum Gasteiger partial charge on any atom is -0.379 e. The van der Waals surface area contributed by atoms with E-state index in [-0.39, 0.29) is 24.3 Å². The molecule has 0 radical (unpaired) electrons. The zero-order valence-electron chi connectivity index (χ0n) is 19.0. The standard InChI is InChI=1S/C22H35N5O5/c1-2-17-3-5-22(6-4-17)20(30)27(21(31)23-22)16-19(29)26-9-7-25(8-10-26)18(28)15-24-11-13-32-14-12-24/h17H,2-16H2,1H3,(H,23,31). The lowest BCUT2D eigenvalue weighted by molar-refractivity contribution is -0.143. The van der Waals surface area contributed by atoms with Crippen molar-refractivity contribution in [2.45, 2.75) is 44.6 Å². The predicted octanol–water partition coefficient (Wildman–Crippen LogP) is -0.120. The van der Waals surface area contributed by atoms with E-state index in [1.165, 1.54) is 0 Å². The van der Waals surface area contributed by atoms with Crippen molar-refractivity contribution in [1.29, 1.82) is 0 Å². The summed E-state index contributed by atoms with van der Waals surface area (Å²) in [6.45, 7) is 6.89. The van der Waals surface area contributed by atoms with Crippen molar-refractivity contribution in [3.8, 4) is 0 Å². The van der Waals surface area contributed by atoms with Gasteiger partial charge in [-0.05, 0) is 31.6 Å². The van der Waals surface area contributed by atoms with Crippen LogP contribution in [0.2, 0.25) is 0 Å². The van der Waals surface area contributed by atoms with Gasteiger partial charge in [-0.25, -0.2) is 4.79 Å². The SMILES string of the molecule is CCC1CCC2(CC1)NC(=O)N(CC(=O)N1CCN(C(=O)CN3CCOCC3)CC1)C2=O. The number of nitrogens with one attached hydrogen (secondary N) is 1. The Hall–Kier alpha value is -2.20. The second kappa shape index (κ2) is 9.74. The average molecular weight is 450 g/mol. The van der Waals surface area contributed by atoms with Crippen LogP contribution in [0.25, 0.3) is 0 Å². The van der Waals surface area contributed by atoms with E-state index in [9.17, 15) is 19.2 Å². The fraction of sp³-hybridized carbons (Fsp3) is 0.818. The summed E-state index contributed by atoms with van der Waals surface area (Å²) in [5.74, 6) is 0.166. The van der Waals surface area contributed by atoms with Crippen LogP contribution in [-0.2, 0) is 19.1 Å². The van der Waals surface area contributed by atoms with Crippen molar-refractivity contribution < 1.29 is 23.9 Å². The maximum Gasteiger partial charge on any atom is 0.325 e. The van der Waals surface area contributed by atoms with Crippen LogP contribution in [0.3, 0.4) is 0 Å². The molecule has 1 saturated carbocycles. The van der Waals surface area contributed by atoms with Crippen LogP contribution in [0, 0.1) is 5.92 Å². The fourth-order valence-corrected chi connectivity index (χ4v) is 5.23. The van der Waals surface area contributed by atoms with Gasteiger partial charge in [-0.15, -0.1) is 0 Å². The number of piperazine rings is 1. The molecular weight excluding hydrogens is 414 g/mol. The Balaban J connectivity index is 1.25. The van der Waals surface area contributed by atoms with Gasteiger partial charge in [0, 0.05) is 39.3 Å². The van der Waals surface area contributed by atoms with E-state index in [0.717, 1.165) is 37.3 Å². The zero-order valence-corrected chi connectivity index (χ0v) is 19.0. The molecule has 32 heavy (non-hydrogen) atoms. The largest absolute Gasteiger partial charge is 0.379 e. The molecule has 1 N–H and O–H groups in total. The summed E-state index contributed by atoms with van der Waals surface area (Å²) in [5.41, 5.74) is -0.826. The third-order valence-electron chi connectivity index (χ3n) is 7.52. The average Bonchev–Trinajstić information content (AvgIpc) is 3.04. The summed E-state index contributed by atoms with van der Waals surface area (Å²) in [7, 11) is 0. The molecule has 3 aliphatic heterocycles. The highest BCUT2D eigenvalue weighted by Crippen LogP contribution is 2.37. The van der Waals surface area contributed by atoms with Crippen molar-refractivity contribution >= 4 is 23.8 Å². The van der Waals surface area contributed by atoms with Gasteiger partial charge in [0.2, 0.25) is 11.8 Å². The maximum atomic E-state index is 13.0. The first kappa shape index (κ1) is 23.0. The van der Waals surface area contributed by atoms with Crippen LogP contribution >= 0.6 is 0 Å². The highest BCUT2D eigenvalue weighted by molar-refractivity contribution is 6.09. The summed E-state index contributed by atoms with van der Waals surface area (Å²) < 4.78 is 5.32. The summed E-state index contributed by atoms with van der Waals surface area (Å²) in [6, 6.07) is -0.461. The van der Waals surface area contributed by atoms with Crippen molar-refractivity contribution in [1.82, 2.24) is 24.9 Å². The Morgan fingerprint density at radius 1 is 0.938 bits per heavy atom. The monoisotopic (exact) mass is 449 g/mol. The molecule has 4 aliphatic rings. The molecule has 3 heterocycles. The topological polar surface area (TPSA) is 102 Å². The molecule has 1 aliphatic carbocycles. The van der Waals surface area contributed by atoms with Gasteiger partial charge >= 0.3 is 6.03 Å². The molecule has 0 bridgehead atoms. The van der Waals surface area contributed by atoms with E-state index >= 15 is 0 Å². The van der Waals surface area contributed by atoms with Crippen molar-refractivity contribution in [3.63, 3.8) is 0 Å². The number of rotatable bonds is 5. The van der Waals surface area contributed by atoms with Crippen molar-refractivity contribution in [2.75, 3.05) is 65.6 Å². The quantitative estimate of drug-likeness (QED) is 0.587. The number of ether oxygens (including phenoxy) is 1.